The van der Waals surface area contributed by atoms with Crippen LogP contribution in [0.25, 0.3) is 28.5 Å². The van der Waals surface area contributed by atoms with Crippen LogP contribution in [0.4, 0.5) is 0 Å². The maximum Gasteiger partial charge on any atom is 0.269 e. The summed E-state index contributed by atoms with van der Waals surface area (Å²) in [6.45, 7) is 3.89. The molecule has 6 nitrogen and oxygen atoms in total. The molecule has 4 aromatic rings. The van der Waals surface area contributed by atoms with Gasteiger partial charge < -0.3 is 4.42 Å². The monoisotopic (exact) mass is 501 g/mol. The highest BCUT2D eigenvalue weighted by Crippen LogP contribution is 2.36. The second-order valence-electron chi connectivity index (χ2n) is 6.80. The topological polar surface area (TPSA) is 80.5 Å². The maximum absolute atomic E-state index is 10.0. The van der Waals surface area contributed by atoms with Crippen molar-refractivity contribution in [3.8, 4) is 34.6 Å². The summed E-state index contributed by atoms with van der Waals surface area (Å²) in [4.78, 5) is 0. The molecule has 0 fully saturated rings. The van der Waals surface area contributed by atoms with E-state index in [9.17, 15) is 5.26 Å². The highest BCUT2D eigenvalue weighted by molar-refractivity contribution is 9.10. The van der Waals surface area contributed by atoms with E-state index in [0.717, 1.165) is 10.0 Å². The lowest BCUT2D eigenvalue weighted by molar-refractivity contribution is 0.479. The molecule has 30 heavy (non-hydrogen) atoms. The molecule has 0 radical (unpaired) electrons. The van der Waals surface area contributed by atoms with Crippen molar-refractivity contribution >= 4 is 39.1 Å². The van der Waals surface area contributed by atoms with Crippen LogP contribution in [-0.2, 0) is 0 Å². The molecule has 4 rings (SSSR count). The van der Waals surface area contributed by atoms with Crippen molar-refractivity contribution in [2.45, 2.75) is 19.8 Å². The zero-order valence-electron chi connectivity index (χ0n) is 15.9. The van der Waals surface area contributed by atoms with E-state index in [-0.39, 0.29) is 11.8 Å². The van der Waals surface area contributed by atoms with Crippen molar-refractivity contribution in [3.63, 3.8) is 0 Å². The van der Waals surface area contributed by atoms with Crippen molar-refractivity contribution in [1.29, 1.82) is 5.26 Å². The number of hydrogen-bond donors (Lipinski definition) is 0. The molecule has 0 aliphatic rings. The molecule has 0 aliphatic heterocycles. The van der Waals surface area contributed by atoms with Crippen LogP contribution < -0.4 is 0 Å². The SMILES string of the molecule is CC(C)c1nnc(-c2nn(-c3ccc(Cl)cc3Cl)c(-c3ccc(Br)cc3)c2C#N)o1. The Balaban J connectivity index is 2.01. The summed E-state index contributed by atoms with van der Waals surface area (Å²) >= 11 is 16.0. The van der Waals surface area contributed by atoms with Crippen LogP contribution in [0, 0.1) is 11.3 Å². The van der Waals surface area contributed by atoms with Crippen molar-refractivity contribution in [3.05, 3.63) is 68.4 Å². The largest absolute Gasteiger partial charge is 0.419 e. The molecule has 0 bridgehead atoms. The lowest BCUT2D eigenvalue weighted by Gasteiger charge is -2.10. The molecule has 2 heterocycles. The third-order valence-corrected chi connectivity index (χ3v) is 5.46. The van der Waals surface area contributed by atoms with Crippen molar-refractivity contribution < 1.29 is 4.42 Å². The second-order valence-corrected chi connectivity index (χ2v) is 8.56. The van der Waals surface area contributed by atoms with Crippen molar-refractivity contribution in [2.75, 3.05) is 0 Å². The van der Waals surface area contributed by atoms with E-state index in [4.69, 9.17) is 27.6 Å². The van der Waals surface area contributed by atoms with E-state index in [0.29, 0.717) is 38.6 Å². The number of benzene rings is 2. The predicted molar refractivity (Wildman–Crippen MR) is 119 cm³/mol. The third kappa shape index (κ3) is 3.74. The number of nitriles is 1. The van der Waals surface area contributed by atoms with E-state index >= 15 is 0 Å². The number of halogens is 3. The van der Waals surface area contributed by atoms with E-state index in [1.54, 1.807) is 22.9 Å². The third-order valence-electron chi connectivity index (χ3n) is 4.39. The molecule has 150 valence electrons. The molecule has 0 saturated heterocycles. The molecule has 0 aliphatic carbocycles. The van der Waals surface area contributed by atoms with Crippen LogP contribution in [-0.4, -0.2) is 20.0 Å². The van der Waals surface area contributed by atoms with Gasteiger partial charge in [0.15, 0.2) is 5.69 Å². The standard InChI is InChI=1S/C21H14BrCl2N5O/c1-11(2)20-26-27-21(30-20)18-15(10-25)19(12-3-5-13(22)6-4-12)29(28-18)17-8-7-14(23)9-16(17)24/h3-9,11H,1-2H3. The summed E-state index contributed by atoms with van der Waals surface area (Å²) in [6, 6.07) is 14.9. The Hall–Kier alpha value is -2.66. The fourth-order valence-corrected chi connectivity index (χ4v) is 3.69. The average molecular weight is 503 g/mol. The quantitative estimate of drug-likeness (QED) is 0.312. The summed E-state index contributed by atoms with van der Waals surface area (Å²) in [5.74, 6) is 0.700. The maximum atomic E-state index is 10.0. The summed E-state index contributed by atoms with van der Waals surface area (Å²) in [5, 5.41) is 23.7. The second kappa shape index (κ2) is 8.23. The van der Waals surface area contributed by atoms with Crippen LogP contribution in [0.15, 0.2) is 51.4 Å². The minimum atomic E-state index is 0.0514. The molecule has 0 unspecified atom stereocenters. The van der Waals surface area contributed by atoms with Crippen LogP contribution in [0.5, 0.6) is 0 Å². The first kappa shape index (κ1) is 20.6. The number of aromatic nitrogens is 4. The zero-order valence-corrected chi connectivity index (χ0v) is 19.0. The summed E-state index contributed by atoms with van der Waals surface area (Å²) in [7, 11) is 0. The fraction of sp³-hybridized carbons (Fsp3) is 0.143. The van der Waals surface area contributed by atoms with Gasteiger partial charge in [0.1, 0.15) is 11.6 Å². The lowest BCUT2D eigenvalue weighted by atomic mass is 10.1. The van der Waals surface area contributed by atoms with E-state index in [1.807, 2.05) is 38.1 Å². The minimum Gasteiger partial charge on any atom is -0.419 e. The van der Waals surface area contributed by atoms with Gasteiger partial charge in [-0.2, -0.15) is 10.4 Å². The molecule has 2 aromatic carbocycles. The Bertz CT molecular complexity index is 1270. The molecule has 0 N–H and O–H groups in total. The fourth-order valence-electron chi connectivity index (χ4n) is 2.94. The van der Waals surface area contributed by atoms with Gasteiger partial charge in [0.25, 0.3) is 5.89 Å². The predicted octanol–water partition coefficient (Wildman–Crippen LogP) is 6.65. The van der Waals surface area contributed by atoms with Crippen LogP contribution in [0.1, 0.15) is 31.2 Å². The van der Waals surface area contributed by atoms with Gasteiger partial charge >= 0.3 is 0 Å². The van der Waals surface area contributed by atoms with E-state index < -0.39 is 0 Å². The highest BCUT2D eigenvalue weighted by Gasteiger charge is 2.26. The normalized spacial score (nSPS) is 11.1. The van der Waals surface area contributed by atoms with Gasteiger partial charge in [-0.05, 0) is 30.3 Å². The van der Waals surface area contributed by atoms with Gasteiger partial charge in [-0.1, -0.05) is 65.1 Å². The number of rotatable bonds is 4. The average Bonchev–Trinajstić information content (AvgIpc) is 3.33. The van der Waals surface area contributed by atoms with Gasteiger partial charge in [0.2, 0.25) is 5.89 Å². The summed E-state index contributed by atoms with van der Waals surface area (Å²) in [5.41, 5.74) is 2.52. The Labute approximate surface area is 191 Å². The Morgan fingerprint density at radius 3 is 2.43 bits per heavy atom. The van der Waals surface area contributed by atoms with Crippen LogP contribution in [0.3, 0.4) is 0 Å². The van der Waals surface area contributed by atoms with Gasteiger partial charge in [-0.15, -0.1) is 10.2 Å². The number of nitrogens with zero attached hydrogens (tertiary/aromatic N) is 5. The Morgan fingerprint density at radius 2 is 1.83 bits per heavy atom. The van der Waals surface area contributed by atoms with Gasteiger partial charge in [0.05, 0.1) is 16.4 Å². The van der Waals surface area contributed by atoms with Gasteiger partial charge in [-0.3, -0.25) is 0 Å². The zero-order chi connectivity index (χ0) is 21.4. The summed E-state index contributed by atoms with van der Waals surface area (Å²) < 4.78 is 8.29. The van der Waals surface area contributed by atoms with Gasteiger partial charge in [-0.25, -0.2) is 4.68 Å². The Kier molecular flexibility index (Phi) is 5.65. The molecule has 2 aromatic heterocycles. The minimum absolute atomic E-state index is 0.0514. The molecule has 0 atom stereocenters. The summed E-state index contributed by atoms with van der Waals surface area (Å²) in [6.07, 6.45) is 0. The van der Waals surface area contributed by atoms with Crippen LogP contribution in [0.2, 0.25) is 10.0 Å². The number of hydrogen-bond acceptors (Lipinski definition) is 5. The van der Waals surface area contributed by atoms with Crippen molar-refractivity contribution in [1.82, 2.24) is 20.0 Å². The highest BCUT2D eigenvalue weighted by atomic mass is 79.9. The molecule has 0 spiro atoms. The van der Waals surface area contributed by atoms with Crippen molar-refractivity contribution in [2.24, 2.45) is 0 Å². The lowest BCUT2D eigenvalue weighted by Crippen LogP contribution is -2.00. The molecule has 9 heteroatoms. The van der Waals surface area contributed by atoms with E-state index in [2.05, 4.69) is 37.3 Å². The van der Waals surface area contributed by atoms with Gasteiger partial charge in [0, 0.05) is 21.0 Å². The molecular weight excluding hydrogens is 489 g/mol. The first-order chi connectivity index (χ1) is 14.4. The van der Waals surface area contributed by atoms with Crippen LogP contribution >= 0.6 is 39.1 Å². The Morgan fingerprint density at radius 1 is 1.10 bits per heavy atom. The van der Waals surface area contributed by atoms with E-state index in [1.165, 1.54) is 0 Å². The molecule has 0 saturated carbocycles. The molecular formula is C21H14BrCl2N5O. The first-order valence-corrected chi connectivity index (χ1v) is 10.5. The molecule has 0 amide bonds. The smallest absolute Gasteiger partial charge is 0.269 e. The first-order valence-electron chi connectivity index (χ1n) is 8.97.